The van der Waals surface area contributed by atoms with Gasteiger partial charge in [0, 0.05) is 6.54 Å². The zero-order chi connectivity index (χ0) is 13.1. The lowest BCUT2D eigenvalue weighted by molar-refractivity contribution is 0.0868. The van der Waals surface area contributed by atoms with Crippen LogP contribution in [0.4, 0.5) is 0 Å². The number of hydrogen-bond donors (Lipinski definition) is 2. The fourth-order valence-electron chi connectivity index (χ4n) is 1.54. The Kier molecular flexibility index (Phi) is 4.60. The molecule has 4 nitrogen and oxygen atoms in total. The van der Waals surface area contributed by atoms with Gasteiger partial charge in [-0.1, -0.05) is 20.8 Å². The Morgan fingerprint density at radius 3 is 2.71 bits per heavy atom. The quantitative estimate of drug-likeness (QED) is 0.873. The molecule has 1 heterocycles. The van der Waals surface area contributed by atoms with Gasteiger partial charge < -0.3 is 14.8 Å². The zero-order valence-electron chi connectivity index (χ0n) is 10.3. The first-order valence-corrected chi connectivity index (χ1v) is 5.86. The van der Waals surface area contributed by atoms with E-state index < -0.39 is 6.10 Å². The van der Waals surface area contributed by atoms with Gasteiger partial charge in [0.25, 0.3) is 5.91 Å². The molecule has 0 spiro atoms. The topological polar surface area (TPSA) is 62.5 Å². The molecular weight excluding hydrogens is 242 g/mol. The smallest absolute Gasteiger partial charge is 0.256 e. The molecule has 0 saturated carbocycles. The van der Waals surface area contributed by atoms with Crippen LogP contribution in [0, 0.1) is 5.41 Å². The Labute approximate surface area is 106 Å². The second-order valence-corrected chi connectivity index (χ2v) is 5.58. The monoisotopic (exact) mass is 259 g/mol. The van der Waals surface area contributed by atoms with Crippen molar-refractivity contribution < 1.29 is 14.3 Å². The van der Waals surface area contributed by atoms with Crippen LogP contribution in [0.2, 0.25) is 5.22 Å². The second-order valence-electron chi connectivity index (χ2n) is 5.24. The fourth-order valence-corrected chi connectivity index (χ4v) is 1.74. The van der Waals surface area contributed by atoms with Crippen molar-refractivity contribution >= 4 is 17.5 Å². The second kappa shape index (κ2) is 5.56. The molecule has 1 rings (SSSR count). The first-order valence-electron chi connectivity index (χ1n) is 5.49. The number of hydrogen-bond acceptors (Lipinski definition) is 3. The van der Waals surface area contributed by atoms with Crippen LogP contribution in [-0.4, -0.2) is 23.7 Å². The highest BCUT2D eigenvalue weighted by molar-refractivity contribution is 6.32. The summed E-state index contributed by atoms with van der Waals surface area (Å²) in [7, 11) is 0. The van der Waals surface area contributed by atoms with E-state index in [1.54, 1.807) is 0 Å². The number of aliphatic hydroxyl groups excluding tert-OH is 1. The fraction of sp³-hybridized carbons (Fsp3) is 0.583. The Hall–Kier alpha value is -1.00. The highest BCUT2D eigenvalue weighted by atomic mass is 35.5. The summed E-state index contributed by atoms with van der Waals surface area (Å²) >= 11 is 5.67. The van der Waals surface area contributed by atoms with Crippen LogP contribution in [0.5, 0.6) is 0 Å². The molecule has 0 radical (unpaired) electrons. The molecule has 17 heavy (non-hydrogen) atoms. The maximum absolute atomic E-state index is 11.6. The standard InChI is InChI=1S/C12H18ClNO3/c1-12(2,3)6-8(15)7-14-11(16)9-4-5-17-10(9)13/h4-5,8,15H,6-7H2,1-3H3,(H,14,16). The molecule has 1 amide bonds. The van der Waals surface area contributed by atoms with Gasteiger partial charge in [0.1, 0.15) is 0 Å². The maximum Gasteiger partial charge on any atom is 0.256 e. The predicted octanol–water partition coefficient (Wildman–Crippen LogP) is 2.46. The summed E-state index contributed by atoms with van der Waals surface area (Å²) in [5.41, 5.74) is 0.312. The minimum absolute atomic E-state index is 0.0252. The van der Waals surface area contributed by atoms with Gasteiger partial charge in [-0.2, -0.15) is 0 Å². The summed E-state index contributed by atoms with van der Waals surface area (Å²) in [6.45, 7) is 6.30. The van der Waals surface area contributed by atoms with E-state index in [0.29, 0.717) is 6.42 Å². The first-order chi connectivity index (χ1) is 7.79. The lowest BCUT2D eigenvalue weighted by atomic mass is 9.89. The number of halogens is 1. The minimum Gasteiger partial charge on any atom is -0.452 e. The highest BCUT2D eigenvalue weighted by Gasteiger charge is 2.18. The molecule has 5 heteroatoms. The molecule has 2 N–H and O–H groups in total. The average Bonchev–Trinajstić information content (AvgIpc) is 2.58. The van der Waals surface area contributed by atoms with Crippen LogP contribution >= 0.6 is 11.6 Å². The molecule has 0 saturated heterocycles. The van der Waals surface area contributed by atoms with Gasteiger partial charge in [-0.3, -0.25) is 4.79 Å². The van der Waals surface area contributed by atoms with E-state index in [1.165, 1.54) is 12.3 Å². The largest absolute Gasteiger partial charge is 0.452 e. The SMILES string of the molecule is CC(C)(C)CC(O)CNC(=O)c1ccoc1Cl. The number of aliphatic hydroxyl groups is 1. The molecule has 1 aromatic rings. The van der Waals surface area contributed by atoms with Crippen LogP contribution in [0.25, 0.3) is 0 Å². The number of carbonyl (C=O) groups excluding carboxylic acids is 1. The van der Waals surface area contributed by atoms with E-state index in [-0.39, 0.29) is 28.6 Å². The third kappa shape index (κ3) is 4.79. The van der Waals surface area contributed by atoms with E-state index in [0.717, 1.165) is 0 Å². The normalized spacial score (nSPS) is 13.5. The van der Waals surface area contributed by atoms with E-state index in [1.807, 2.05) is 20.8 Å². The van der Waals surface area contributed by atoms with Crippen molar-refractivity contribution in [1.82, 2.24) is 5.32 Å². The van der Waals surface area contributed by atoms with E-state index in [9.17, 15) is 9.90 Å². The number of rotatable bonds is 4. The molecule has 1 atom stereocenters. The summed E-state index contributed by atoms with van der Waals surface area (Å²) in [5, 5.41) is 12.4. The summed E-state index contributed by atoms with van der Waals surface area (Å²) in [5.74, 6) is -0.336. The van der Waals surface area contributed by atoms with Gasteiger partial charge in [0.15, 0.2) is 0 Å². The Morgan fingerprint density at radius 1 is 1.59 bits per heavy atom. The van der Waals surface area contributed by atoms with Crippen molar-refractivity contribution in [2.45, 2.75) is 33.3 Å². The average molecular weight is 260 g/mol. The van der Waals surface area contributed by atoms with Crippen molar-refractivity contribution in [3.63, 3.8) is 0 Å². The van der Waals surface area contributed by atoms with Crippen LogP contribution in [0.15, 0.2) is 16.7 Å². The summed E-state index contributed by atoms with van der Waals surface area (Å²) in [6, 6.07) is 1.49. The van der Waals surface area contributed by atoms with Crippen LogP contribution in [0.1, 0.15) is 37.6 Å². The maximum atomic E-state index is 11.6. The molecule has 0 aliphatic carbocycles. The lowest BCUT2D eigenvalue weighted by Gasteiger charge is -2.22. The van der Waals surface area contributed by atoms with Gasteiger partial charge in [0.05, 0.1) is 17.9 Å². The van der Waals surface area contributed by atoms with Crippen molar-refractivity contribution in [3.8, 4) is 0 Å². The van der Waals surface area contributed by atoms with Crippen LogP contribution < -0.4 is 5.32 Å². The molecule has 0 aromatic carbocycles. The molecule has 0 aliphatic rings. The molecule has 1 aromatic heterocycles. The molecule has 1 unspecified atom stereocenters. The van der Waals surface area contributed by atoms with Crippen molar-refractivity contribution in [2.75, 3.05) is 6.54 Å². The number of carbonyl (C=O) groups is 1. The van der Waals surface area contributed by atoms with E-state index >= 15 is 0 Å². The number of nitrogens with one attached hydrogen (secondary N) is 1. The Morgan fingerprint density at radius 2 is 2.24 bits per heavy atom. The molecule has 0 fully saturated rings. The Balaban J connectivity index is 2.42. The van der Waals surface area contributed by atoms with Gasteiger partial charge in [-0.25, -0.2) is 0 Å². The molecule has 0 aliphatic heterocycles. The van der Waals surface area contributed by atoms with Crippen molar-refractivity contribution in [3.05, 3.63) is 23.1 Å². The highest BCUT2D eigenvalue weighted by Crippen LogP contribution is 2.20. The summed E-state index contributed by atoms with van der Waals surface area (Å²) in [4.78, 5) is 11.6. The minimum atomic E-state index is -0.565. The predicted molar refractivity (Wildman–Crippen MR) is 66.1 cm³/mol. The van der Waals surface area contributed by atoms with Gasteiger partial charge >= 0.3 is 0 Å². The summed E-state index contributed by atoms with van der Waals surface area (Å²) in [6.07, 6.45) is 1.40. The molecule has 0 bridgehead atoms. The third-order valence-electron chi connectivity index (χ3n) is 2.21. The molecule has 96 valence electrons. The van der Waals surface area contributed by atoms with Gasteiger partial charge in [-0.05, 0) is 29.5 Å². The molecular formula is C12H18ClNO3. The van der Waals surface area contributed by atoms with Crippen LogP contribution in [-0.2, 0) is 0 Å². The third-order valence-corrected chi connectivity index (χ3v) is 2.50. The van der Waals surface area contributed by atoms with Crippen molar-refractivity contribution in [1.29, 1.82) is 0 Å². The van der Waals surface area contributed by atoms with Gasteiger partial charge in [-0.15, -0.1) is 0 Å². The Bertz CT molecular complexity index is 381. The lowest BCUT2D eigenvalue weighted by Crippen LogP contribution is -2.34. The van der Waals surface area contributed by atoms with Crippen molar-refractivity contribution in [2.24, 2.45) is 5.41 Å². The number of furan rings is 1. The van der Waals surface area contributed by atoms with E-state index in [4.69, 9.17) is 16.0 Å². The first kappa shape index (κ1) is 14.1. The van der Waals surface area contributed by atoms with E-state index in [2.05, 4.69) is 5.32 Å². The van der Waals surface area contributed by atoms with Gasteiger partial charge in [0.2, 0.25) is 5.22 Å². The summed E-state index contributed by atoms with van der Waals surface area (Å²) < 4.78 is 4.82. The zero-order valence-corrected chi connectivity index (χ0v) is 11.0. The number of amides is 1. The van der Waals surface area contributed by atoms with Crippen LogP contribution in [0.3, 0.4) is 0 Å².